The number of ether oxygens (including phenoxy) is 3. The molecular formula is C21H23NO5. The minimum atomic E-state index is -1.26. The van der Waals surface area contributed by atoms with E-state index in [1.165, 1.54) is 7.11 Å². The second-order valence-corrected chi connectivity index (χ2v) is 6.43. The van der Waals surface area contributed by atoms with Crippen molar-refractivity contribution in [3.05, 3.63) is 71.3 Å². The fraction of sp³-hybridized carbons (Fsp3) is 0.333. The Hall–Kier alpha value is -2.70. The highest BCUT2D eigenvalue weighted by molar-refractivity contribution is 5.99. The van der Waals surface area contributed by atoms with Gasteiger partial charge in [0.2, 0.25) is 11.4 Å². The van der Waals surface area contributed by atoms with Gasteiger partial charge in [0.25, 0.3) is 0 Å². The van der Waals surface area contributed by atoms with Gasteiger partial charge in [-0.15, -0.1) is 0 Å². The Morgan fingerprint density at radius 2 is 1.85 bits per heavy atom. The van der Waals surface area contributed by atoms with Crippen LogP contribution in [0.2, 0.25) is 0 Å². The lowest BCUT2D eigenvalue weighted by atomic mass is 9.96. The number of aliphatic hydroxyl groups is 1. The van der Waals surface area contributed by atoms with Crippen LogP contribution in [0.15, 0.2) is 59.6 Å². The van der Waals surface area contributed by atoms with Gasteiger partial charge in [0.15, 0.2) is 0 Å². The molecule has 2 atom stereocenters. The van der Waals surface area contributed by atoms with E-state index >= 15 is 0 Å². The predicted octanol–water partition coefficient (Wildman–Crippen LogP) is 2.47. The second-order valence-electron chi connectivity index (χ2n) is 6.43. The zero-order chi connectivity index (χ0) is 19.3. The number of esters is 1. The molecule has 142 valence electrons. The fourth-order valence-electron chi connectivity index (χ4n) is 2.94. The van der Waals surface area contributed by atoms with Gasteiger partial charge in [-0.05, 0) is 30.2 Å². The minimum Gasteiger partial charge on any atom is -0.471 e. The summed E-state index contributed by atoms with van der Waals surface area (Å²) in [6.45, 7) is 2.15. The first kappa shape index (κ1) is 19.1. The molecule has 0 unspecified atom stereocenters. The number of hydrogen-bond donors (Lipinski definition) is 1. The molecule has 27 heavy (non-hydrogen) atoms. The number of aliphatic hydroxyl groups excluding tert-OH is 1. The maximum atomic E-state index is 12.5. The van der Waals surface area contributed by atoms with E-state index in [0.717, 1.165) is 16.7 Å². The first-order valence-corrected chi connectivity index (χ1v) is 8.76. The van der Waals surface area contributed by atoms with Crippen molar-refractivity contribution in [1.29, 1.82) is 0 Å². The van der Waals surface area contributed by atoms with E-state index < -0.39 is 17.6 Å². The first-order chi connectivity index (χ1) is 13.1. The van der Waals surface area contributed by atoms with Crippen LogP contribution in [0.3, 0.4) is 0 Å². The molecule has 0 amide bonds. The molecule has 0 bridgehead atoms. The van der Waals surface area contributed by atoms with Gasteiger partial charge in [-0.1, -0.05) is 42.5 Å². The van der Waals surface area contributed by atoms with E-state index in [2.05, 4.69) is 4.99 Å². The Labute approximate surface area is 158 Å². The quantitative estimate of drug-likeness (QED) is 0.759. The lowest BCUT2D eigenvalue weighted by molar-refractivity contribution is -0.152. The smallest absolute Gasteiger partial charge is 0.340 e. The molecule has 3 rings (SSSR count). The van der Waals surface area contributed by atoms with Crippen LogP contribution >= 0.6 is 0 Å². The molecule has 2 aromatic rings. The van der Waals surface area contributed by atoms with Gasteiger partial charge in [0.1, 0.15) is 6.10 Å². The van der Waals surface area contributed by atoms with Gasteiger partial charge in [-0.25, -0.2) is 9.79 Å². The molecule has 6 heteroatoms. The van der Waals surface area contributed by atoms with Gasteiger partial charge in [-0.3, -0.25) is 0 Å². The zero-order valence-corrected chi connectivity index (χ0v) is 15.4. The second kappa shape index (κ2) is 8.33. The molecule has 1 N–H and O–H groups in total. The number of aliphatic imine (C=N–C) groups is 1. The highest BCUT2D eigenvalue weighted by Crippen LogP contribution is 2.30. The molecule has 0 radical (unpaired) electrons. The summed E-state index contributed by atoms with van der Waals surface area (Å²) in [6, 6.07) is 16.9. The number of nitrogens with zero attached hydrogens (tertiary/aromatic N) is 1. The van der Waals surface area contributed by atoms with Crippen LogP contribution in [0.1, 0.15) is 23.6 Å². The van der Waals surface area contributed by atoms with Crippen LogP contribution in [0.25, 0.3) is 0 Å². The van der Waals surface area contributed by atoms with Gasteiger partial charge in [0.05, 0.1) is 26.9 Å². The van der Waals surface area contributed by atoms with Crippen molar-refractivity contribution in [2.45, 2.75) is 31.8 Å². The van der Waals surface area contributed by atoms with Crippen molar-refractivity contribution in [2.24, 2.45) is 4.99 Å². The van der Waals surface area contributed by atoms with E-state index in [-0.39, 0.29) is 13.2 Å². The normalized spacial score (nSPS) is 21.4. The van der Waals surface area contributed by atoms with E-state index in [4.69, 9.17) is 14.2 Å². The molecule has 0 saturated heterocycles. The summed E-state index contributed by atoms with van der Waals surface area (Å²) in [4.78, 5) is 17.1. The number of carbonyl (C=O) groups excluding carboxylic acids is 1. The van der Waals surface area contributed by atoms with Crippen LogP contribution in [-0.2, 0) is 32.2 Å². The molecule has 1 heterocycles. The average Bonchev–Trinajstić information content (AvgIpc) is 3.05. The SMILES string of the molecule is COC(=O)[C@]1(COCc2ccccc2)N=C(c2ccc(CO)cc2)O[C@@H]1C. The van der Waals surface area contributed by atoms with Crippen molar-refractivity contribution >= 4 is 11.9 Å². The number of rotatable bonds is 7. The van der Waals surface area contributed by atoms with E-state index in [0.29, 0.717) is 12.5 Å². The summed E-state index contributed by atoms with van der Waals surface area (Å²) in [6.07, 6.45) is -0.534. The third-order valence-corrected chi connectivity index (χ3v) is 4.62. The molecule has 0 aliphatic carbocycles. The van der Waals surface area contributed by atoms with Crippen LogP contribution in [0.5, 0.6) is 0 Å². The van der Waals surface area contributed by atoms with E-state index in [1.807, 2.05) is 30.3 Å². The highest BCUT2D eigenvalue weighted by Gasteiger charge is 2.52. The molecule has 0 spiro atoms. The van der Waals surface area contributed by atoms with Crippen molar-refractivity contribution in [3.63, 3.8) is 0 Å². The van der Waals surface area contributed by atoms with Gasteiger partial charge in [0, 0.05) is 5.56 Å². The molecule has 1 aliphatic rings. The average molecular weight is 369 g/mol. The first-order valence-electron chi connectivity index (χ1n) is 8.76. The van der Waals surface area contributed by atoms with Crippen LogP contribution in [0.4, 0.5) is 0 Å². The maximum Gasteiger partial charge on any atom is 0.340 e. The minimum absolute atomic E-state index is 0.0383. The number of hydrogen-bond acceptors (Lipinski definition) is 6. The molecule has 0 aromatic heterocycles. The van der Waals surface area contributed by atoms with Crippen LogP contribution in [-0.4, -0.2) is 42.3 Å². The van der Waals surface area contributed by atoms with E-state index in [9.17, 15) is 9.90 Å². The summed E-state index contributed by atoms with van der Waals surface area (Å²) < 4.78 is 16.7. The summed E-state index contributed by atoms with van der Waals surface area (Å²) >= 11 is 0. The molecular weight excluding hydrogens is 346 g/mol. The Kier molecular flexibility index (Phi) is 5.88. The summed E-state index contributed by atoms with van der Waals surface area (Å²) in [5.41, 5.74) is 1.27. The topological polar surface area (TPSA) is 77.4 Å². The van der Waals surface area contributed by atoms with Crippen molar-refractivity contribution in [1.82, 2.24) is 0 Å². The molecule has 1 aliphatic heterocycles. The lowest BCUT2D eigenvalue weighted by Crippen LogP contribution is -2.49. The van der Waals surface area contributed by atoms with Crippen molar-refractivity contribution in [3.8, 4) is 0 Å². The largest absolute Gasteiger partial charge is 0.471 e. The third kappa shape index (κ3) is 4.02. The molecule has 2 aromatic carbocycles. The lowest BCUT2D eigenvalue weighted by Gasteiger charge is -2.26. The van der Waals surface area contributed by atoms with E-state index in [1.54, 1.807) is 31.2 Å². The van der Waals surface area contributed by atoms with Crippen LogP contribution in [0, 0.1) is 0 Å². The number of carbonyl (C=O) groups is 1. The van der Waals surface area contributed by atoms with Gasteiger partial charge in [-0.2, -0.15) is 0 Å². The van der Waals surface area contributed by atoms with Gasteiger partial charge >= 0.3 is 5.97 Å². The van der Waals surface area contributed by atoms with Crippen LogP contribution < -0.4 is 0 Å². The predicted molar refractivity (Wildman–Crippen MR) is 100 cm³/mol. The molecule has 6 nitrogen and oxygen atoms in total. The standard InChI is InChI=1S/C21H23NO5/c1-15-21(20(24)25-2,14-26-13-17-6-4-3-5-7-17)22-19(27-15)18-10-8-16(12-23)9-11-18/h3-11,15,23H,12-14H2,1-2H3/t15-,21-/m1/s1. The third-order valence-electron chi connectivity index (χ3n) is 4.62. The van der Waals surface area contributed by atoms with Crippen molar-refractivity contribution in [2.75, 3.05) is 13.7 Å². The summed E-state index contributed by atoms with van der Waals surface area (Å²) in [7, 11) is 1.33. The number of methoxy groups -OCH3 is 1. The fourth-order valence-corrected chi connectivity index (χ4v) is 2.94. The molecule has 0 fully saturated rings. The van der Waals surface area contributed by atoms with Gasteiger partial charge < -0.3 is 19.3 Å². The molecule has 0 saturated carbocycles. The Morgan fingerprint density at radius 3 is 2.48 bits per heavy atom. The van der Waals surface area contributed by atoms with Crippen molar-refractivity contribution < 1.29 is 24.1 Å². The Morgan fingerprint density at radius 1 is 1.15 bits per heavy atom. The Balaban J connectivity index is 1.81. The monoisotopic (exact) mass is 369 g/mol. The highest BCUT2D eigenvalue weighted by atomic mass is 16.6. The Bertz CT molecular complexity index is 803. The number of benzene rings is 2. The summed E-state index contributed by atoms with van der Waals surface area (Å²) in [5.74, 6) is -0.134. The summed E-state index contributed by atoms with van der Waals surface area (Å²) in [5, 5.41) is 9.18. The maximum absolute atomic E-state index is 12.5. The zero-order valence-electron chi connectivity index (χ0n) is 15.4.